The van der Waals surface area contributed by atoms with Crippen LogP contribution in [0.1, 0.15) is 5.56 Å². The Kier molecular flexibility index (Phi) is 5.84. The molecule has 1 aromatic heterocycles. The minimum Gasteiger partial charge on any atom is -0.497 e. The SMILES string of the molecule is COc1cccc(Nc2nnc(SCc3ccc(Cl)c(Cl)c3)s2)c1. The smallest absolute Gasteiger partial charge is 0.210 e. The highest BCUT2D eigenvalue weighted by molar-refractivity contribution is 8.00. The van der Waals surface area contributed by atoms with Crippen molar-refractivity contribution in [2.24, 2.45) is 0 Å². The molecule has 124 valence electrons. The molecule has 0 atom stereocenters. The van der Waals surface area contributed by atoms with Gasteiger partial charge in [0.1, 0.15) is 5.75 Å². The maximum Gasteiger partial charge on any atom is 0.210 e. The molecule has 0 aliphatic carbocycles. The van der Waals surface area contributed by atoms with Crippen LogP contribution < -0.4 is 10.1 Å². The van der Waals surface area contributed by atoms with Gasteiger partial charge in [0.05, 0.1) is 17.2 Å². The molecule has 0 unspecified atom stereocenters. The number of rotatable bonds is 6. The van der Waals surface area contributed by atoms with Crippen LogP contribution in [0.2, 0.25) is 10.0 Å². The molecule has 1 N–H and O–H groups in total. The molecule has 0 bridgehead atoms. The lowest BCUT2D eigenvalue weighted by atomic mass is 10.2. The molecule has 8 heteroatoms. The lowest BCUT2D eigenvalue weighted by Gasteiger charge is -2.04. The van der Waals surface area contributed by atoms with Crippen LogP contribution in [-0.2, 0) is 5.75 Å². The Labute approximate surface area is 158 Å². The summed E-state index contributed by atoms with van der Waals surface area (Å²) < 4.78 is 6.09. The van der Waals surface area contributed by atoms with Gasteiger partial charge in [-0.3, -0.25) is 0 Å². The minimum absolute atomic E-state index is 0.561. The maximum absolute atomic E-state index is 6.03. The summed E-state index contributed by atoms with van der Waals surface area (Å²) in [6.45, 7) is 0. The maximum atomic E-state index is 6.03. The van der Waals surface area contributed by atoms with Crippen molar-refractivity contribution in [2.75, 3.05) is 12.4 Å². The Bertz CT molecular complexity index is 842. The predicted octanol–water partition coefficient (Wildman–Crippen LogP) is 5.89. The van der Waals surface area contributed by atoms with E-state index in [9.17, 15) is 0 Å². The molecule has 0 spiro atoms. The third kappa shape index (κ3) is 4.54. The Balaban J connectivity index is 1.61. The van der Waals surface area contributed by atoms with Crippen molar-refractivity contribution >= 4 is 57.1 Å². The summed E-state index contributed by atoms with van der Waals surface area (Å²) in [6.07, 6.45) is 0. The Morgan fingerprint density at radius 3 is 2.79 bits per heavy atom. The topological polar surface area (TPSA) is 47.0 Å². The first-order valence-corrected chi connectivity index (χ1v) is 9.51. The number of ether oxygens (including phenoxy) is 1. The van der Waals surface area contributed by atoms with Crippen LogP contribution in [0, 0.1) is 0 Å². The second-order valence-corrected chi connectivity index (χ2v) is 7.78. The van der Waals surface area contributed by atoms with E-state index in [1.807, 2.05) is 36.4 Å². The van der Waals surface area contributed by atoms with Gasteiger partial charge in [0.2, 0.25) is 5.13 Å². The summed E-state index contributed by atoms with van der Waals surface area (Å²) in [6, 6.07) is 13.3. The average Bonchev–Trinajstić information content (AvgIpc) is 3.03. The van der Waals surface area contributed by atoms with Crippen molar-refractivity contribution in [1.82, 2.24) is 10.2 Å². The summed E-state index contributed by atoms with van der Waals surface area (Å²) in [4.78, 5) is 0. The quantitative estimate of drug-likeness (QED) is 0.525. The van der Waals surface area contributed by atoms with Gasteiger partial charge >= 0.3 is 0 Å². The van der Waals surface area contributed by atoms with Crippen molar-refractivity contribution in [1.29, 1.82) is 0 Å². The highest BCUT2D eigenvalue weighted by Crippen LogP contribution is 2.32. The first-order valence-electron chi connectivity index (χ1n) is 6.95. The van der Waals surface area contributed by atoms with Gasteiger partial charge in [-0.15, -0.1) is 10.2 Å². The van der Waals surface area contributed by atoms with E-state index in [2.05, 4.69) is 15.5 Å². The molecule has 0 fully saturated rings. The molecule has 3 aromatic rings. The van der Waals surface area contributed by atoms with Crippen molar-refractivity contribution in [3.8, 4) is 5.75 Å². The number of nitrogens with zero attached hydrogens (tertiary/aromatic N) is 2. The van der Waals surface area contributed by atoms with Gasteiger partial charge < -0.3 is 10.1 Å². The summed E-state index contributed by atoms with van der Waals surface area (Å²) in [7, 11) is 1.64. The summed E-state index contributed by atoms with van der Waals surface area (Å²) in [5.74, 6) is 1.55. The number of methoxy groups -OCH3 is 1. The van der Waals surface area contributed by atoms with Gasteiger partial charge in [-0.05, 0) is 29.8 Å². The average molecular weight is 398 g/mol. The van der Waals surface area contributed by atoms with Crippen LogP contribution >= 0.6 is 46.3 Å². The molecule has 4 nitrogen and oxygen atoms in total. The van der Waals surface area contributed by atoms with Crippen molar-refractivity contribution in [3.05, 3.63) is 58.1 Å². The summed E-state index contributed by atoms with van der Waals surface area (Å²) >= 11 is 15.1. The van der Waals surface area contributed by atoms with E-state index in [1.54, 1.807) is 24.9 Å². The van der Waals surface area contributed by atoms with Crippen molar-refractivity contribution < 1.29 is 4.74 Å². The third-order valence-electron chi connectivity index (χ3n) is 3.07. The monoisotopic (exact) mass is 397 g/mol. The van der Waals surface area contributed by atoms with Crippen LogP contribution in [0.4, 0.5) is 10.8 Å². The third-order valence-corrected chi connectivity index (χ3v) is 5.86. The van der Waals surface area contributed by atoms with E-state index in [-0.39, 0.29) is 0 Å². The lowest BCUT2D eigenvalue weighted by molar-refractivity contribution is 0.415. The van der Waals surface area contributed by atoms with Gasteiger partial charge in [-0.1, -0.05) is 58.4 Å². The number of hydrogen-bond donors (Lipinski definition) is 1. The zero-order valence-electron chi connectivity index (χ0n) is 12.6. The van der Waals surface area contributed by atoms with Gasteiger partial charge in [0.15, 0.2) is 4.34 Å². The van der Waals surface area contributed by atoms with E-state index in [0.29, 0.717) is 10.0 Å². The fourth-order valence-electron chi connectivity index (χ4n) is 1.92. The molecule has 0 amide bonds. The number of benzene rings is 2. The zero-order valence-corrected chi connectivity index (χ0v) is 15.8. The lowest BCUT2D eigenvalue weighted by Crippen LogP contribution is -1.90. The van der Waals surface area contributed by atoms with Crippen molar-refractivity contribution in [2.45, 2.75) is 10.1 Å². The molecule has 0 saturated heterocycles. The molecule has 0 aliphatic rings. The molecule has 2 aromatic carbocycles. The molecular formula is C16H13Cl2N3OS2. The second-order valence-electron chi connectivity index (χ2n) is 4.77. The van der Waals surface area contributed by atoms with Crippen LogP contribution in [0.25, 0.3) is 0 Å². The molecule has 24 heavy (non-hydrogen) atoms. The number of thioether (sulfide) groups is 1. The number of hydrogen-bond acceptors (Lipinski definition) is 6. The van der Waals surface area contributed by atoms with Crippen LogP contribution in [0.3, 0.4) is 0 Å². The highest BCUT2D eigenvalue weighted by atomic mass is 35.5. The summed E-state index contributed by atoms with van der Waals surface area (Å²) in [5, 5.41) is 13.4. The number of halogens is 2. The highest BCUT2D eigenvalue weighted by Gasteiger charge is 2.07. The molecule has 0 aliphatic heterocycles. The van der Waals surface area contributed by atoms with Gasteiger partial charge in [0.25, 0.3) is 0 Å². The van der Waals surface area contributed by atoms with Crippen LogP contribution in [0.5, 0.6) is 5.75 Å². The molecule has 0 radical (unpaired) electrons. The fraction of sp³-hybridized carbons (Fsp3) is 0.125. The Morgan fingerprint density at radius 2 is 2.00 bits per heavy atom. The number of anilines is 2. The van der Waals surface area contributed by atoms with E-state index in [4.69, 9.17) is 27.9 Å². The molecular weight excluding hydrogens is 385 g/mol. The van der Waals surface area contributed by atoms with Crippen molar-refractivity contribution in [3.63, 3.8) is 0 Å². The first kappa shape index (κ1) is 17.4. The van der Waals surface area contributed by atoms with Crippen LogP contribution in [-0.4, -0.2) is 17.3 Å². The Morgan fingerprint density at radius 1 is 1.12 bits per heavy atom. The molecule has 0 saturated carbocycles. The van der Waals surface area contributed by atoms with Gasteiger partial charge in [-0.25, -0.2) is 0 Å². The largest absolute Gasteiger partial charge is 0.497 e. The van der Waals surface area contributed by atoms with E-state index >= 15 is 0 Å². The molecule has 3 rings (SSSR count). The normalized spacial score (nSPS) is 10.6. The minimum atomic E-state index is 0.561. The number of aromatic nitrogens is 2. The number of nitrogens with one attached hydrogen (secondary N) is 1. The van der Waals surface area contributed by atoms with Gasteiger partial charge in [-0.2, -0.15) is 0 Å². The Hall–Kier alpha value is -1.47. The fourth-order valence-corrected chi connectivity index (χ4v) is 3.95. The van der Waals surface area contributed by atoms with E-state index < -0.39 is 0 Å². The predicted molar refractivity (Wildman–Crippen MR) is 102 cm³/mol. The van der Waals surface area contributed by atoms with E-state index in [1.165, 1.54) is 11.3 Å². The van der Waals surface area contributed by atoms with Crippen LogP contribution in [0.15, 0.2) is 46.8 Å². The first-order chi connectivity index (χ1) is 11.6. The van der Waals surface area contributed by atoms with Gasteiger partial charge in [0, 0.05) is 17.5 Å². The zero-order chi connectivity index (χ0) is 16.9. The summed E-state index contributed by atoms with van der Waals surface area (Å²) in [5.41, 5.74) is 2.00. The molecule has 1 heterocycles. The van der Waals surface area contributed by atoms with E-state index in [0.717, 1.165) is 32.2 Å². The second kappa shape index (κ2) is 8.07. The standard InChI is InChI=1S/C16H13Cl2N3OS2/c1-22-12-4-2-3-11(8-12)19-15-20-21-16(24-15)23-9-10-5-6-13(17)14(18)7-10/h2-8H,9H2,1H3,(H,19,20).